The Labute approximate surface area is 95.7 Å². The highest BCUT2D eigenvalue weighted by molar-refractivity contribution is 6.00. The van der Waals surface area contributed by atoms with Crippen molar-refractivity contribution in [3.63, 3.8) is 0 Å². The molecule has 0 aromatic carbocycles. The predicted molar refractivity (Wildman–Crippen MR) is 59.8 cm³/mol. The summed E-state index contributed by atoms with van der Waals surface area (Å²) in [5.41, 5.74) is 0. The summed E-state index contributed by atoms with van der Waals surface area (Å²) >= 11 is 0. The van der Waals surface area contributed by atoms with Crippen LogP contribution in [0, 0.1) is 11.8 Å². The largest absolute Gasteiger partial charge is 0.469 e. The number of hydrogen-bond acceptors (Lipinski definition) is 4. The van der Waals surface area contributed by atoms with E-state index in [9.17, 15) is 14.4 Å². The molecule has 90 valence electrons. The maximum atomic E-state index is 11.3. The SMILES string of the molecule is C=CC(CCC(=O)OC)C(C(C)=O)C(C)=O. The number of hydrogen-bond donors (Lipinski definition) is 0. The van der Waals surface area contributed by atoms with Gasteiger partial charge in [0.25, 0.3) is 0 Å². The summed E-state index contributed by atoms with van der Waals surface area (Å²) in [4.78, 5) is 33.6. The van der Waals surface area contributed by atoms with Crippen LogP contribution in [-0.2, 0) is 19.1 Å². The zero-order valence-corrected chi connectivity index (χ0v) is 9.99. The molecule has 0 aliphatic heterocycles. The van der Waals surface area contributed by atoms with Gasteiger partial charge in [0.1, 0.15) is 11.6 Å². The van der Waals surface area contributed by atoms with Crippen LogP contribution in [0.3, 0.4) is 0 Å². The summed E-state index contributed by atoms with van der Waals surface area (Å²) in [6.07, 6.45) is 2.14. The van der Waals surface area contributed by atoms with Crippen LogP contribution in [0.4, 0.5) is 0 Å². The van der Waals surface area contributed by atoms with Crippen molar-refractivity contribution >= 4 is 17.5 Å². The normalized spacial score (nSPS) is 12.0. The van der Waals surface area contributed by atoms with Crippen molar-refractivity contribution in [3.8, 4) is 0 Å². The molecule has 0 rings (SSSR count). The van der Waals surface area contributed by atoms with E-state index in [0.717, 1.165) is 0 Å². The first kappa shape index (κ1) is 14.6. The predicted octanol–water partition coefficient (Wildman–Crippen LogP) is 1.54. The van der Waals surface area contributed by atoms with Crippen molar-refractivity contribution in [2.24, 2.45) is 11.8 Å². The zero-order valence-electron chi connectivity index (χ0n) is 9.99. The molecule has 0 N–H and O–H groups in total. The van der Waals surface area contributed by atoms with E-state index in [4.69, 9.17) is 0 Å². The smallest absolute Gasteiger partial charge is 0.305 e. The lowest BCUT2D eigenvalue weighted by molar-refractivity contribution is -0.142. The Bertz CT molecular complexity index is 279. The van der Waals surface area contributed by atoms with Crippen LogP contribution in [0.25, 0.3) is 0 Å². The highest BCUT2D eigenvalue weighted by Gasteiger charge is 2.27. The van der Waals surface area contributed by atoms with Gasteiger partial charge in [-0.2, -0.15) is 0 Å². The van der Waals surface area contributed by atoms with Crippen molar-refractivity contribution in [1.29, 1.82) is 0 Å². The topological polar surface area (TPSA) is 60.4 Å². The number of Topliss-reactive ketones (excluding diaryl/α,β-unsaturated/α-hetero) is 2. The summed E-state index contributed by atoms with van der Waals surface area (Å²) in [7, 11) is 1.30. The first-order chi connectivity index (χ1) is 7.43. The van der Waals surface area contributed by atoms with Gasteiger partial charge in [0, 0.05) is 6.42 Å². The van der Waals surface area contributed by atoms with Crippen molar-refractivity contribution in [2.75, 3.05) is 7.11 Å². The molecular weight excluding hydrogens is 208 g/mol. The Balaban J connectivity index is 4.56. The van der Waals surface area contributed by atoms with E-state index in [1.165, 1.54) is 21.0 Å². The van der Waals surface area contributed by atoms with Crippen LogP contribution < -0.4 is 0 Å². The van der Waals surface area contributed by atoms with Crippen molar-refractivity contribution < 1.29 is 19.1 Å². The molecule has 4 heteroatoms. The first-order valence-electron chi connectivity index (χ1n) is 5.14. The molecule has 0 aromatic rings. The van der Waals surface area contributed by atoms with Crippen molar-refractivity contribution in [1.82, 2.24) is 0 Å². The molecular formula is C12H18O4. The fraction of sp³-hybridized carbons (Fsp3) is 0.583. The Kier molecular flexibility index (Phi) is 6.30. The van der Waals surface area contributed by atoms with E-state index in [-0.39, 0.29) is 29.9 Å². The van der Waals surface area contributed by atoms with Gasteiger partial charge in [0.2, 0.25) is 0 Å². The summed E-state index contributed by atoms with van der Waals surface area (Å²) in [6.45, 7) is 6.35. The van der Waals surface area contributed by atoms with Gasteiger partial charge < -0.3 is 4.74 Å². The summed E-state index contributed by atoms with van der Waals surface area (Å²) in [5, 5.41) is 0. The third kappa shape index (κ3) is 4.38. The van der Waals surface area contributed by atoms with Crippen LogP contribution in [-0.4, -0.2) is 24.6 Å². The second-order valence-electron chi connectivity index (χ2n) is 3.71. The van der Waals surface area contributed by atoms with Crippen LogP contribution in [0.2, 0.25) is 0 Å². The molecule has 0 aliphatic rings. The number of carbonyl (C=O) groups is 3. The fourth-order valence-corrected chi connectivity index (χ4v) is 1.70. The lowest BCUT2D eigenvalue weighted by Gasteiger charge is -2.19. The van der Waals surface area contributed by atoms with E-state index in [2.05, 4.69) is 11.3 Å². The van der Waals surface area contributed by atoms with Crippen LogP contribution in [0.1, 0.15) is 26.7 Å². The molecule has 0 bridgehead atoms. The lowest BCUT2D eigenvalue weighted by atomic mass is 9.83. The van der Waals surface area contributed by atoms with Gasteiger partial charge in [-0.15, -0.1) is 6.58 Å². The van der Waals surface area contributed by atoms with Crippen LogP contribution in [0.15, 0.2) is 12.7 Å². The minimum atomic E-state index is -0.692. The van der Waals surface area contributed by atoms with E-state index >= 15 is 0 Å². The molecule has 16 heavy (non-hydrogen) atoms. The molecule has 1 atom stereocenters. The monoisotopic (exact) mass is 226 g/mol. The fourth-order valence-electron chi connectivity index (χ4n) is 1.70. The van der Waals surface area contributed by atoms with Gasteiger partial charge >= 0.3 is 5.97 Å². The molecule has 0 amide bonds. The number of allylic oxidation sites excluding steroid dienone is 1. The highest BCUT2D eigenvalue weighted by atomic mass is 16.5. The molecule has 0 saturated carbocycles. The second-order valence-corrected chi connectivity index (χ2v) is 3.71. The minimum Gasteiger partial charge on any atom is -0.469 e. The van der Waals surface area contributed by atoms with Gasteiger partial charge in [-0.3, -0.25) is 14.4 Å². The molecule has 0 spiro atoms. The molecule has 0 radical (unpaired) electrons. The maximum Gasteiger partial charge on any atom is 0.305 e. The molecule has 4 nitrogen and oxygen atoms in total. The number of esters is 1. The van der Waals surface area contributed by atoms with Gasteiger partial charge in [-0.05, 0) is 26.2 Å². The van der Waals surface area contributed by atoms with Gasteiger partial charge in [-0.25, -0.2) is 0 Å². The number of ether oxygens (including phenoxy) is 1. The average molecular weight is 226 g/mol. The Hall–Kier alpha value is -1.45. The van der Waals surface area contributed by atoms with Crippen molar-refractivity contribution in [2.45, 2.75) is 26.7 Å². The lowest BCUT2D eigenvalue weighted by Crippen LogP contribution is -2.27. The van der Waals surface area contributed by atoms with Crippen LogP contribution in [0.5, 0.6) is 0 Å². The third-order valence-corrected chi connectivity index (χ3v) is 2.52. The summed E-state index contributed by atoms with van der Waals surface area (Å²) < 4.78 is 4.50. The van der Waals surface area contributed by atoms with Gasteiger partial charge in [0.15, 0.2) is 0 Å². The first-order valence-corrected chi connectivity index (χ1v) is 5.14. The molecule has 0 aliphatic carbocycles. The van der Waals surface area contributed by atoms with E-state index in [1.807, 2.05) is 0 Å². The number of rotatable bonds is 7. The molecule has 0 aromatic heterocycles. The number of carbonyl (C=O) groups excluding carboxylic acids is 3. The van der Waals surface area contributed by atoms with Gasteiger partial charge in [0.05, 0.1) is 13.0 Å². The Morgan fingerprint density at radius 1 is 1.25 bits per heavy atom. The zero-order chi connectivity index (χ0) is 12.7. The Morgan fingerprint density at radius 3 is 2.06 bits per heavy atom. The van der Waals surface area contributed by atoms with Crippen molar-refractivity contribution in [3.05, 3.63) is 12.7 Å². The molecule has 0 saturated heterocycles. The molecule has 0 heterocycles. The van der Waals surface area contributed by atoms with E-state index in [1.54, 1.807) is 6.08 Å². The summed E-state index contributed by atoms with van der Waals surface area (Å²) in [6, 6.07) is 0. The standard InChI is InChI=1S/C12H18O4/c1-5-10(6-7-11(15)16-4)12(8(2)13)9(3)14/h5,10,12H,1,6-7H2,2-4H3. The van der Waals surface area contributed by atoms with E-state index < -0.39 is 5.92 Å². The van der Waals surface area contributed by atoms with E-state index in [0.29, 0.717) is 6.42 Å². The number of ketones is 2. The molecule has 1 unspecified atom stereocenters. The summed E-state index contributed by atoms with van der Waals surface area (Å²) in [5.74, 6) is -1.72. The second kappa shape index (κ2) is 6.93. The average Bonchev–Trinajstić information content (AvgIpc) is 2.21. The number of methoxy groups -OCH3 is 1. The highest BCUT2D eigenvalue weighted by Crippen LogP contribution is 2.21. The molecule has 0 fully saturated rings. The van der Waals surface area contributed by atoms with Crippen LogP contribution >= 0.6 is 0 Å². The Morgan fingerprint density at radius 2 is 1.75 bits per heavy atom. The van der Waals surface area contributed by atoms with Gasteiger partial charge in [-0.1, -0.05) is 6.08 Å². The minimum absolute atomic E-state index is 0.185. The quantitative estimate of drug-likeness (QED) is 0.375. The third-order valence-electron chi connectivity index (χ3n) is 2.52. The maximum absolute atomic E-state index is 11.3.